The predicted octanol–water partition coefficient (Wildman–Crippen LogP) is 3.67. The minimum Gasteiger partial charge on any atom is -0.314 e. The van der Waals surface area contributed by atoms with Gasteiger partial charge in [-0.3, -0.25) is 0 Å². The van der Waals surface area contributed by atoms with Gasteiger partial charge in [0.1, 0.15) is 0 Å². The predicted molar refractivity (Wildman–Crippen MR) is 81.1 cm³/mol. The zero-order valence-corrected chi connectivity index (χ0v) is 12.8. The minimum atomic E-state index is 0.444. The molecule has 96 valence electrons. The van der Waals surface area contributed by atoms with Crippen LogP contribution in [0.2, 0.25) is 0 Å². The summed E-state index contributed by atoms with van der Waals surface area (Å²) in [5.74, 6) is 0. The lowest BCUT2D eigenvalue weighted by Gasteiger charge is -2.17. The number of aromatic nitrogens is 1. The van der Waals surface area contributed by atoms with E-state index in [-0.39, 0.29) is 0 Å². The molecule has 0 aliphatic rings. The molecule has 1 heterocycles. The van der Waals surface area contributed by atoms with Crippen LogP contribution in [0.3, 0.4) is 0 Å². The van der Waals surface area contributed by atoms with Crippen molar-refractivity contribution in [3.05, 3.63) is 50.9 Å². The van der Waals surface area contributed by atoms with Crippen LogP contribution in [0, 0.1) is 0 Å². The Hall–Kier alpha value is -0.710. The zero-order chi connectivity index (χ0) is 12.8. The number of hydrogen-bond acceptors (Lipinski definition) is 3. The van der Waals surface area contributed by atoms with E-state index in [0.717, 1.165) is 19.4 Å². The number of nitrogens with one attached hydrogen (secondary N) is 1. The van der Waals surface area contributed by atoms with Gasteiger partial charge in [0, 0.05) is 28.5 Å². The molecule has 0 spiro atoms. The minimum absolute atomic E-state index is 0.444. The summed E-state index contributed by atoms with van der Waals surface area (Å²) in [7, 11) is 0. The Morgan fingerprint density at radius 2 is 2.17 bits per heavy atom. The average molecular weight is 325 g/mol. The first kappa shape index (κ1) is 13.7. The van der Waals surface area contributed by atoms with Crippen molar-refractivity contribution in [3.8, 4) is 0 Å². The normalized spacial score (nSPS) is 12.6. The van der Waals surface area contributed by atoms with Gasteiger partial charge in [-0.25, -0.2) is 4.98 Å². The molecule has 0 saturated carbocycles. The molecule has 0 aliphatic carbocycles. The molecule has 0 fully saturated rings. The second-order valence-corrected chi connectivity index (χ2v) is 6.01. The highest BCUT2D eigenvalue weighted by molar-refractivity contribution is 9.10. The van der Waals surface area contributed by atoms with Gasteiger partial charge >= 0.3 is 0 Å². The fraction of sp³-hybridized carbons (Fsp3) is 0.357. The SMILES string of the molecule is CCNC(Cc1nccs1)Cc1ccccc1Br. The van der Waals surface area contributed by atoms with Crippen LogP contribution >= 0.6 is 27.3 Å². The van der Waals surface area contributed by atoms with Crippen LogP contribution in [0.4, 0.5) is 0 Å². The van der Waals surface area contributed by atoms with Gasteiger partial charge in [-0.15, -0.1) is 11.3 Å². The number of rotatable bonds is 6. The first-order valence-electron chi connectivity index (χ1n) is 6.14. The molecular formula is C14H17BrN2S. The maximum Gasteiger partial charge on any atom is 0.0940 e. The first-order chi connectivity index (χ1) is 8.79. The van der Waals surface area contributed by atoms with Crippen LogP contribution in [0.5, 0.6) is 0 Å². The van der Waals surface area contributed by atoms with Crippen molar-refractivity contribution in [2.45, 2.75) is 25.8 Å². The number of nitrogens with zero attached hydrogens (tertiary/aromatic N) is 1. The second kappa shape index (κ2) is 7.02. The fourth-order valence-electron chi connectivity index (χ4n) is 2.00. The zero-order valence-electron chi connectivity index (χ0n) is 10.4. The smallest absolute Gasteiger partial charge is 0.0940 e. The van der Waals surface area contributed by atoms with Crippen molar-refractivity contribution in [2.75, 3.05) is 6.54 Å². The summed E-state index contributed by atoms with van der Waals surface area (Å²) in [5, 5.41) is 6.78. The third-order valence-electron chi connectivity index (χ3n) is 2.82. The Morgan fingerprint density at radius 3 is 2.83 bits per heavy atom. The first-order valence-corrected chi connectivity index (χ1v) is 7.82. The van der Waals surface area contributed by atoms with Crippen LogP contribution < -0.4 is 5.32 Å². The summed E-state index contributed by atoms with van der Waals surface area (Å²) in [6.07, 6.45) is 3.89. The van der Waals surface area contributed by atoms with Gasteiger partial charge < -0.3 is 5.32 Å². The molecule has 1 N–H and O–H groups in total. The van der Waals surface area contributed by atoms with E-state index < -0.39 is 0 Å². The quantitative estimate of drug-likeness (QED) is 0.876. The molecular weight excluding hydrogens is 308 g/mol. The lowest BCUT2D eigenvalue weighted by Crippen LogP contribution is -2.33. The monoisotopic (exact) mass is 324 g/mol. The van der Waals surface area contributed by atoms with E-state index in [1.54, 1.807) is 11.3 Å². The highest BCUT2D eigenvalue weighted by Crippen LogP contribution is 2.19. The lowest BCUT2D eigenvalue weighted by molar-refractivity contribution is 0.520. The Labute approximate surface area is 121 Å². The van der Waals surface area contributed by atoms with Crippen molar-refractivity contribution in [1.29, 1.82) is 0 Å². The highest BCUT2D eigenvalue weighted by Gasteiger charge is 2.12. The summed E-state index contributed by atoms with van der Waals surface area (Å²) in [5.41, 5.74) is 1.35. The van der Waals surface area contributed by atoms with E-state index >= 15 is 0 Å². The third kappa shape index (κ3) is 3.90. The molecule has 2 aromatic rings. The highest BCUT2D eigenvalue weighted by atomic mass is 79.9. The van der Waals surface area contributed by atoms with Crippen molar-refractivity contribution >= 4 is 27.3 Å². The number of halogens is 1. The molecule has 2 nitrogen and oxygen atoms in total. The number of benzene rings is 1. The lowest BCUT2D eigenvalue weighted by atomic mass is 10.0. The van der Waals surface area contributed by atoms with Gasteiger partial charge in [-0.2, -0.15) is 0 Å². The molecule has 4 heteroatoms. The van der Waals surface area contributed by atoms with Crippen LogP contribution in [-0.4, -0.2) is 17.6 Å². The number of thiazole rings is 1. The molecule has 0 amide bonds. The topological polar surface area (TPSA) is 24.9 Å². The van der Waals surface area contributed by atoms with Gasteiger partial charge in [0.25, 0.3) is 0 Å². The average Bonchev–Trinajstić information content (AvgIpc) is 2.85. The molecule has 0 bridgehead atoms. The van der Waals surface area contributed by atoms with E-state index in [1.807, 2.05) is 11.6 Å². The van der Waals surface area contributed by atoms with E-state index in [1.165, 1.54) is 15.0 Å². The summed E-state index contributed by atoms with van der Waals surface area (Å²) in [6.45, 7) is 3.13. The molecule has 0 radical (unpaired) electrons. The Balaban J connectivity index is 2.04. The van der Waals surface area contributed by atoms with Crippen molar-refractivity contribution in [1.82, 2.24) is 10.3 Å². The van der Waals surface area contributed by atoms with Gasteiger partial charge in [0.15, 0.2) is 0 Å². The number of likely N-dealkylation sites (N-methyl/N-ethyl adjacent to an activating group) is 1. The van der Waals surface area contributed by atoms with Crippen molar-refractivity contribution in [2.24, 2.45) is 0 Å². The fourth-order valence-corrected chi connectivity index (χ4v) is 3.14. The maximum atomic E-state index is 4.37. The number of hydrogen-bond donors (Lipinski definition) is 1. The standard InChI is InChI=1S/C14H17BrN2S/c1-2-16-12(10-14-17-7-8-18-14)9-11-5-3-4-6-13(11)15/h3-8,12,16H,2,9-10H2,1H3. The van der Waals surface area contributed by atoms with E-state index in [0.29, 0.717) is 6.04 Å². The van der Waals surface area contributed by atoms with Crippen LogP contribution in [0.25, 0.3) is 0 Å². The molecule has 1 aromatic heterocycles. The summed E-state index contributed by atoms with van der Waals surface area (Å²) in [6, 6.07) is 8.86. The van der Waals surface area contributed by atoms with E-state index in [2.05, 4.69) is 57.4 Å². The molecule has 2 rings (SSSR count). The van der Waals surface area contributed by atoms with E-state index in [4.69, 9.17) is 0 Å². The molecule has 1 atom stereocenters. The second-order valence-electron chi connectivity index (χ2n) is 4.18. The Bertz CT molecular complexity index is 470. The molecule has 1 aromatic carbocycles. The van der Waals surface area contributed by atoms with Gasteiger partial charge in [0.2, 0.25) is 0 Å². The molecule has 1 unspecified atom stereocenters. The molecule has 0 saturated heterocycles. The molecule has 18 heavy (non-hydrogen) atoms. The van der Waals surface area contributed by atoms with Crippen LogP contribution in [0.1, 0.15) is 17.5 Å². The Kier molecular flexibility index (Phi) is 5.35. The van der Waals surface area contributed by atoms with Crippen molar-refractivity contribution < 1.29 is 0 Å². The van der Waals surface area contributed by atoms with Crippen LogP contribution in [-0.2, 0) is 12.8 Å². The Morgan fingerprint density at radius 1 is 1.33 bits per heavy atom. The largest absolute Gasteiger partial charge is 0.314 e. The summed E-state index contributed by atoms with van der Waals surface area (Å²) >= 11 is 5.34. The molecule has 0 aliphatic heterocycles. The van der Waals surface area contributed by atoms with Crippen molar-refractivity contribution in [3.63, 3.8) is 0 Å². The summed E-state index contributed by atoms with van der Waals surface area (Å²) < 4.78 is 1.19. The maximum absolute atomic E-state index is 4.37. The van der Waals surface area contributed by atoms with Gasteiger partial charge in [-0.1, -0.05) is 41.1 Å². The summed E-state index contributed by atoms with van der Waals surface area (Å²) in [4.78, 5) is 4.37. The third-order valence-corrected chi connectivity index (χ3v) is 4.40. The van der Waals surface area contributed by atoms with E-state index in [9.17, 15) is 0 Å². The van der Waals surface area contributed by atoms with Gasteiger partial charge in [-0.05, 0) is 24.6 Å². The van der Waals surface area contributed by atoms with Gasteiger partial charge in [0.05, 0.1) is 5.01 Å². The van der Waals surface area contributed by atoms with Crippen LogP contribution in [0.15, 0.2) is 40.3 Å².